The van der Waals surface area contributed by atoms with Crippen LogP contribution in [0.15, 0.2) is 48.7 Å². The molecular weight excluding hydrogens is 281 g/mol. The van der Waals surface area contributed by atoms with Gasteiger partial charge in [0.1, 0.15) is 0 Å². The van der Waals surface area contributed by atoms with Crippen molar-refractivity contribution in [1.29, 1.82) is 0 Å². The second-order valence-corrected chi connectivity index (χ2v) is 5.04. The van der Waals surface area contributed by atoms with Gasteiger partial charge in [-0.25, -0.2) is 0 Å². The lowest BCUT2D eigenvalue weighted by atomic mass is 10.0. The summed E-state index contributed by atoms with van der Waals surface area (Å²) in [5.41, 5.74) is 1.93. The molecule has 0 atom stereocenters. The van der Waals surface area contributed by atoms with Crippen LogP contribution in [0.3, 0.4) is 0 Å². The highest BCUT2D eigenvalue weighted by Gasteiger charge is 2.16. The number of rotatable bonds is 2. The van der Waals surface area contributed by atoms with E-state index in [1.54, 1.807) is 24.4 Å². The summed E-state index contributed by atoms with van der Waals surface area (Å²) in [5, 5.41) is 1.77. The molecule has 2 nitrogen and oxygen atoms in total. The summed E-state index contributed by atoms with van der Waals surface area (Å²) in [4.78, 5) is 15.6. The van der Waals surface area contributed by atoms with E-state index in [-0.39, 0.29) is 5.78 Å². The Balaban J connectivity index is 2.16. The second-order valence-electron chi connectivity index (χ2n) is 4.20. The Kier molecular flexibility index (Phi) is 3.05. The summed E-state index contributed by atoms with van der Waals surface area (Å²) < 4.78 is 0. The first-order valence-electron chi connectivity index (χ1n) is 5.72. The number of para-hydroxylation sites is 1. The fourth-order valence-electron chi connectivity index (χ4n) is 2.08. The fraction of sp³-hybridized carbons (Fsp3) is 0. The van der Waals surface area contributed by atoms with Gasteiger partial charge in [-0.1, -0.05) is 41.4 Å². The van der Waals surface area contributed by atoms with Crippen molar-refractivity contribution in [3.05, 3.63) is 69.8 Å². The van der Waals surface area contributed by atoms with E-state index in [2.05, 4.69) is 4.98 Å². The van der Waals surface area contributed by atoms with Gasteiger partial charge in [-0.15, -0.1) is 0 Å². The number of H-pyrrole nitrogens is 1. The van der Waals surface area contributed by atoms with Crippen molar-refractivity contribution in [1.82, 2.24) is 4.98 Å². The lowest BCUT2D eigenvalue weighted by Crippen LogP contribution is -2.01. The van der Waals surface area contributed by atoms with Gasteiger partial charge in [0.15, 0.2) is 5.78 Å². The zero-order chi connectivity index (χ0) is 13.4. The number of aromatic nitrogens is 1. The molecule has 0 aliphatic rings. The highest BCUT2D eigenvalue weighted by atomic mass is 35.5. The van der Waals surface area contributed by atoms with Crippen LogP contribution in [-0.2, 0) is 0 Å². The minimum atomic E-state index is -0.134. The van der Waals surface area contributed by atoms with Crippen LogP contribution in [0.25, 0.3) is 10.9 Å². The molecule has 0 amide bonds. The van der Waals surface area contributed by atoms with Crippen molar-refractivity contribution in [2.75, 3.05) is 0 Å². The smallest absolute Gasteiger partial charge is 0.196 e. The average molecular weight is 290 g/mol. The molecule has 1 heterocycles. The fourth-order valence-corrected chi connectivity index (χ4v) is 2.45. The predicted octanol–water partition coefficient (Wildman–Crippen LogP) is 4.71. The molecular formula is C15H9Cl2NO. The average Bonchev–Trinajstić information content (AvgIpc) is 2.84. The molecule has 4 heteroatoms. The van der Waals surface area contributed by atoms with Crippen molar-refractivity contribution in [2.24, 2.45) is 0 Å². The van der Waals surface area contributed by atoms with Crippen molar-refractivity contribution in [3.63, 3.8) is 0 Å². The molecule has 1 aromatic heterocycles. The van der Waals surface area contributed by atoms with E-state index in [9.17, 15) is 4.79 Å². The number of fused-ring (bicyclic) bond motifs is 1. The molecule has 0 saturated carbocycles. The zero-order valence-corrected chi connectivity index (χ0v) is 11.3. The van der Waals surface area contributed by atoms with Crippen LogP contribution in [0, 0.1) is 0 Å². The lowest BCUT2D eigenvalue weighted by Gasteiger charge is -2.03. The van der Waals surface area contributed by atoms with Crippen LogP contribution >= 0.6 is 23.2 Å². The summed E-state index contributed by atoms with van der Waals surface area (Å²) in [6.45, 7) is 0. The molecule has 0 fully saturated rings. The van der Waals surface area contributed by atoms with Gasteiger partial charge in [-0.3, -0.25) is 4.79 Å². The highest BCUT2D eigenvalue weighted by Crippen LogP contribution is 2.26. The Morgan fingerprint density at radius 1 is 1.00 bits per heavy atom. The van der Waals surface area contributed by atoms with E-state index < -0.39 is 0 Å². The molecule has 19 heavy (non-hydrogen) atoms. The second kappa shape index (κ2) is 4.72. The van der Waals surface area contributed by atoms with Gasteiger partial charge in [-0.05, 0) is 24.3 Å². The quantitative estimate of drug-likeness (QED) is 0.681. The Bertz CT molecular complexity index is 777. The molecule has 0 spiro atoms. The van der Waals surface area contributed by atoms with Gasteiger partial charge in [0, 0.05) is 33.2 Å². The number of hydrogen-bond donors (Lipinski definition) is 1. The zero-order valence-electron chi connectivity index (χ0n) is 9.78. The van der Waals surface area contributed by atoms with E-state index in [0.29, 0.717) is 21.2 Å². The van der Waals surface area contributed by atoms with Gasteiger partial charge >= 0.3 is 0 Å². The number of carbonyl (C=O) groups is 1. The molecule has 0 aliphatic carbocycles. The summed E-state index contributed by atoms with van der Waals surface area (Å²) in [5.74, 6) is -0.134. The normalized spacial score (nSPS) is 10.8. The third kappa shape index (κ3) is 2.14. The van der Waals surface area contributed by atoms with Gasteiger partial charge in [-0.2, -0.15) is 0 Å². The van der Waals surface area contributed by atoms with Gasteiger partial charge in [0.05, 0.1) is 5.02 Å². The van der Waals surface area contributed by atoms with Crippen molar-refractivity contribution in [3.8, 4) is 0 Å². The number of hydrogen-bond acceptors (Lipinski definition) is 1. The van der Waals surface area contributed by atoms with Gasteiger partial charge < -0.3 is 4.98 Å². The summed E-state index contributed by atoms with van der Waals surface area (Å²) in [6, 6.07) is 12.5. The van der Waals surface area contributed by atoms with Crippen LogP contribution in [0.5, 0.6) is 0 Å². The van der Waals surface area contributed by atoms with Crippen molar-refractivity contribution < 1.29 is 4.79 Å². The van der Waals surface area contributed by atoms with Crippen LogP contribution in [0.1, 0.15) is 15.9 Å². The summed E-state index contributed by atoms with van der Waals surface area (Å²) >= 11 is 12.0. The van der Waals surface area contributed by atoms with E-state index in [4.69, 9.17) is 23.2 Å². The first-order chi connectivity index (χ1) is 9.16. The van der Waals surface area contributed by atoms with Gasteiger partial charge in [0.2, 0.25) is 0 Å². The minimum absolute atomic E-state index is 0.134. The number of carbonyl (C=O) groups excluding carboxylic acids is 1. The van der Waals surface area contributed by atoms with Gasteiger partial charge in [0.25, 0.3) is 0 Å². The number of benzene rings is 2. The number of ketones is 1. The van der Waals surface area contributed by atoms with Crippen LogP contribution < -0.4 is 0 Å². The molecule has 2 aromatic carbocycles. The lowest BCUT2D eigenvalue weighted by molar-refractivity contribution is 0.104. The topological polar surface area (TPSA) is 32.9 Å². The third-order valence-corrected chi connectivity index (χ3v) is 3.57. The van der Waals surface area contributed by atoms with E-state index in [0.717, 1.165) is 10.9 Å². The Labute approximate surface area is 120 Å². The first-order valence-corrected chi connectivity index (χ1v) is 6.48. The molecule has 0 aliphatic heterocycles. The molecule has 94 valence electrons. The number of aromatic amines is 1. The molecule has 0 saturated heterocycles. The molecule has 0 radical (unpaired) electrons. The molecule has 0 unspecified atom stereocenters. The predicted molar refractivity (Wildman–Crippen MR) is 78.2 cm³/mol. The Morgan fingerprint density at radius 2 is 1.79 bits per heavy atom. The molecule has 1 N–H and O–H groups in total. The van der Waals surface area contributed by atoms with E-state index in [1.165, 1.54) is 0 Å². The summed E-state index contributed by atoms with van der Waals surface area (Å²) in [6.07, 6.45) is 1.70. The maximum absolute atomic E-state index is 12.5. The Hall–Kier alpha value is -1.77. The maximum Gasteiger partial charge on any atom is 0.196 e. The Morgan fingerprint density at radius 3 is 2.63 bits per heavy atom. The van der Waals surface area contributed by atoms with Crippen molar-refractivity contribution in [2.45, 2.75) is 0 Å². The largest absolute Gasteiger partial charge is 0.360 e. The van der Waals surface area contributed by atoms with E-state index in [1.807, 2.05) is 24.3 Å². The summed E-state index contributed by atoms with van der Waals surface area (Å²) in [7, 11) is 0. The maximum atomic E-state index is 12.5. The van der Waals surface area contributed by atoms with E-state index >= 15 is 0 Å². The third-order valence-electron chi connectivity index (χ3n) is 3.01. The minimum Gasteiger partial charge on any atom is -0.360 e. The SMILES string of the molecule is O=C(c1cc(Cl)ccc1Cl)c1c[nH]c2ccccc12. The monoisotopic (exact) mass is 289 g/mol. The standard InChI is InChI=1S/C15H9Cl2NO/c16-9-5-6-13(17)11(7-9)15(19)12-8-18-14-4-2-1-3-10(12)14/h1-8,18H. The molecule has 0 bridgehead atoms. The van der Waals surface area contributed by atoms with Crippen LogP contribution in [0.2, 0.25) is 10.0 Å². The highest BCUT2D eigenvalue weighted by molar-refractivity contribution is 6.37. The van der Waals surface area contributed by atoms with Crippen LogP contribution in [-0.4, -0.2) is 10.8 Å². The number of halogens is 2. The first kappa shape index (κ1) is 12.3. The molecule has 3 aromatic rings. The van der Waals surface area contributed by atoms with Crippen LogP contribution in [0.4, 0.5) is 0 Å². The number of nitrogens with one attached hydrogen (secondary N) is 1. The van der Waals surface area contributed by atoms with Crippen molar-refractivity contribution >= 4 is 39.9 Å². The molecule has 3 rings (SSSR count).